The molecule has 0 aliphatic heterocycles. The van der Waals surface area contributed by atoms with Crippen LogP contribution in [0.15, 0.2) is 79.4 Å². The Morgan fingerprint density at radius 1 is 0.735 bits per heavy atom. The van der Waals surface area contributed by atoms with E-state index in [1.54, 1.807) is 0 Å². The van der Waals surface area contributed by atoms with Gasteiger partial charge in [0.05, 0.1) is 13.2 Å². The number of aliphatic hydroxyl groups is 3. The van der Waals surface area contributed by atoms with Crippen LogP contribution in [0.25, 0.3) is 11.1 Å². The van der Waals surface area contributed by atoms with E-state index in [0.29, 0.717) is 5.92 Å². The molecule has 6 nitrogen and oxygen atoms in total. The summed E-state index contributed by atoms with van der Waals surface area (Å²) in [6.07, 6.45) is 21.6. The van der Waals surface area contributed by atoms with E-state index in [4.69, 9.17) is 19.8 Å². The average molecular weight is 677 g/mol. The number of hydrogen-bond acceptors (Lipinski definition) is 5. The molecule has 0 aromatic heterocycles. The van der Waals surface area contributed by atoms with Crippen LogP contribution in [0, 0.1) is 17.8 Å². The molecule has 0 spiro atoms. The highest BCUT2D eigenvalue weighted by atomic mass is 16.3. The molecule has 4 rings (SSSR count). The second kappa shape index (κ2) is 26.5. The highest BCUT2D eigenvalue weighted by molar-refractivity contribution is 5.65. The molecule has 0 amide bonds. The van der Waals surface area contributed by atoms with E-state index in [0.717, 1.165) is 74.5 Å². The van der Waals surface area contributed by atoms with E-state index in [-0.39, 0.29) is 19.7 Å². The van der Waals surface area contributed by atoms with Gasteiger partial charge in [-0.2, -0.15) is 0 Å². The maximum absolute atomic E-state index is 9.33. The molecule has 2 saturated carbocycles. The summed E-state index contributed by atoms with van der Waals surface area (Å²) >= 11 is 0. The van der Waals surface area contributed by atoms with Gasteiger partial charge in [-0.25, -0.2) is 0 Å². The van der Waals surface area contributed by atoms with Crippen molar-refractivity contribution in [3.05, 3.63) is 96.1 Å². The van der Waals surface area contributed by atoms with Gasteiger partial charge in [0.15, 0.2) is 0 Å². The van der Waals surface area contributed by atoms with Crippen LogP contribution in [0.4, 0.5) is 0 Å². The molecule has 2 aliphatic carbocycles. The molecule has 0 atom stereocenters. The Kier molecular flexibility index (Phi) is 23.7. The van der Waals surface area contributed by atoms with Crippen molar-refractivity contribution in [2.24, 2.45) is 17.8 Å². The van der Waals surface area contributed by atoms with Crippen molar-refractivity contribution in [2.45, 2.75) is 109 Å². The Hall–Kier alpha value is -3.32. The second-order valence-corrected chi connectivity index (χ2v) is 13.5. The molecule has 0 bridgehead atoms. The van der Waals surface area contributed by atoms with Crippen LogP contribution >= 0.6 is 0 Å². The first kappa shape index (κ1) is 43.7. The summed E-state index contributed by atoms with van der Waals surface area (Å²) in [6, 6.07) is 16.5. The largest absolute Gasteiger partial charge is 0.483 e. The van der Waals surface area contributed by atoms with Crippen molar-refractivity contribution >= 4 is 13.3 Å². The molecular formula is C43H64O6. The predicted octanol–water partition coefficient (Wildman–Crippen LogP) is 9.27. The average Bonchev–Trinajstić information content (AvgIpc) is 3.16. The Morgan fingerprint density at radius 2 is 1.18 bits per heavy atom. The van der Waals surface area contributed by atoms with Crippen molar-refractivity contribution in [1.29, 1.82) is 0 Å². The lowest BCUT2D eigenvalue weighted by Gasteiger charge is -2.38. The molecule has 272 valence electrons. The van der Waals surface area contributed by atoms with Crippen LogP contribution in [0.2, 0.25) is 0 Å². The minimum absolute atomic E-state index is 0.0749. The zero-order valence-electron chi connectivity index (χ0n) is 30.2. The molecule has 0 radical (unpaired) electrons. The summed E-state index contributed by atoms with van der Waals surface area (Å²) in [5.74, 6) is 3.58. The lowest BCUT2D eigenvalue weighted by Crippen LogP contribution is -2.25. The first-order valence-corrected chi connectivity index (χ1v) is 18.1. The van der Waals surface area contributed by atoms with Crippen molar-refractivity contribution in [3.63, 3.8) is 0 Å². The van der Waals surface area contributed by atoms with Crippen LogP contribution in [0.5, 0.6) is 0 Å². The lowest BCUT2D eigenvalue weighted by atomic mass is 9.68. The highest BCUT2D eigenvalue weighted by Gasteiger charge is 2.31. The lowest BCUT2D eigenvalue weighted by molar-refractivity contribution is -0.122. The third kappa shape index (κ3) is 16.3. The number of carbonyl (C=O) groups excluding carboxylic acids is 1. The SMILES string of the molecule is C=CCCC1CCC(C2CCC(c3ccc(-c4cc(CCCC(=C)CO)cc(CCCC(=C)CO)c4)cc3)CC2)CC1.C=O.CO.O=CO. The van der Waals surface area contributed by atoms with Crippen LogP contribution < -0.4 is 0 Å². The molecule has 0 unspecified atom stereocenters. The Balaban J connectivity index is 0.00000160. The summed E-state index contributed by atoms with van der Waals surface area (Å²) in [7, 11) is 1.00. The van der Waals surface area contributed by atoms with Gasteiger partial charge >= 0.3 is 0 Å². The van der Waals surface area contributed by atoms with E-state index in [9.17, 15) is 10.2 Å². The maximum atomic E-state index is 9.33. The molecule has 2 aromatic rings. The van der Waals surface area contributed by atoms with E-state index in [1.807, 2.05) is 6.79 Å². The standard InChI is InChI=1S/C40H56O2.CH2O2.CH4O.CH2O/c1-4-5-10-32-13-15-35(16-14-32)36-17-19-37(20-18-36)38-21-23-39(24-22-38)40-26-33(11-6-8-30(2)28-41)25-34(27-40)12-7-9-31(3)29-42;2-1-3;2*1-2/h4,21-27,32,35-37,41-42H,1-3,5-20,28-29H2;1H,(H,2,3);2H,1H3;1H2. The Bertz CT molecular complexity index is 1160. The molecule has 0 saturated heterocycles. The summed E-state index contributed by atoms with van der Waals surface area (Å²) in [5, 5.41) is 32.5. The molecular weight excluding hydrogens is 612 g/mol. The van der Waals surface area contributed by atoms with Crippen molar-refractivity contribution < 1.29 is 30.0 Å². The molecule has 2 aromatic carbocycles. The summed E-state index contributed by atoms with van der Waals surface area (Å²) < 4.78 is 0. The predicted molar refractivity (Wildman–Crippen MR) is 204 cm³/mol. The maximum Gasteiger partial charge on any atom is 0.290 e. The topological polar surface area (TPSA) is 115 Å². The smallest absolute Gasteiger partial charge is 0.290 e. The van der Waals surface area contributed by atoms with Gasteiger partial charge in [0.2, 0.25) is 0 Å². The number of allylic oxidation sites excluding steroid dienone is 1. The van der Waals surface area contributed by atoms with Gasteiger partial charge in [0.25, 0.3) is 6.47 Å². The molecule has 4 N–H and O–H groups in total. The van der Waals surface area contributed by atoms with Gasteiger partial charge in [-0.1, -0.05) is 85.7 Å². The summed E-state index contributed by atoms with van der Waals surface area (Å²) in [5.41, 5.74) is 8.63. The number of rotatable bonds is 16. The van der Waals surface area contributed by atoms with Crippen LogP contribution in [0.3, 0.4) is 0 Å². The van der Waals surface area contributed by atoms with Gasteiger partial charge in [-0.3, -0.25) is 4.79 Å². The fourth-order valence-electron chi connectivity index (χ4n) is 7.63. The monoisotopic (exact) mass is 676 g/mol. The number of hydrogen-bond donors (Lipinski definition) is 4. The first-order chi connectivity index (χ1) is 23.9. The van der Waals surface area contributed by atoms with Crippen molar-refractivity contribution in [2.75, 3.05) is 20.3 Å². The number of carboxylic acid groups (broad SMARTS) is 1. The van der Waals surface area contributed by atoms with Gasteiger partial charge in [-0.05, 0) is 141 Å². The first-order valence-electron chi connectivity index (χ1n) is 18.1. The van der Waals surface area contributed by atoms with E-state index in [1.165, 1.54) is 92.0 Å². The van der Waals surface area contributed by atoms with E-state index >= 15 is 0 Å². The number of aryl methyl sites for hydroxylation is 2. The van der Waals surface area contributed by atoms with Crippen LogP contribution in [0.1, 0.15) is 112 Å². The van der Waals surface area contributed by atoms with Gasteiger partial charge in [0, 0.05) is 7.11 Å². The molecule has 49 heavy (non-hydrogen) atoms. The number of benzene rings is 2. The summed E-state index contributed by atoms with van der Waals surface area (Å²) in [6.45, 7) is 13.7. The zero-order chi connectivity index (χ0) is 36.4. The number of aliphatic hydroxyl groups excluding tert-OH is 3. The fraction of sp³-hybridized carbons (Fsp3) is 0.535. The summed E-state index contributed by atoms with van der Waals surface area (Å²) in [4.78, 5) is 16.4. The van der Waals surface area contributed by atoms with Crippen LogP contribution in [-0.4, -0.2) is 54.0 Å². The van der Waals surface area contributed by atoms with Gasteiger partial charge < -0.3 is 25.2 Å². The van der Waals surface area contributed by atoms with Gasteiger partial charge in [0.1, 0.15) is 6.79 Å². The molecule has 2 fully saturated rings. The molecule has 2 aliphatic rings. The second-order valence-electron chi connectivity index (χ2n) is 13.5. The normalized spacial score (nSPS) is 19.8. The quantitative estimate of drug-likeness (QED) is 0.104. The number of carbonyl (C=O) groups is 2. The Morgan fingerprint density at radius 3 is 1.61 bits per heavy atom. The minimum atomic E-state index is -0.250. The zero-order valence-corrected chi connectivity index (χ0v) is 30.2. The van der Waals surface area contributed by atoms with Crippen molar-refractivity contribution in [3.8, 4) is 11.1 Å². The third-order valence-electron chi connectivity index (χ3n) is 10.3. The fourth-order valence-corrected chi connectivity index (χ4v) is 7.63. The molecule has 6 heteroatoms. The highest BCUT2D eigenvalue weighted by Crippen LogP contribution is 2.44. The minimum Gasteiger partial charge on any atom is -0.483 e. The molecule has 0 heterocycles. The van der Waals surface area contributed by atoms with Crippen molar-refractivity contribution in [1.82, 2.24) is 0 Å². The Labute approximate surface area is 296 Å². The van der Waals surface area contributed by atoms with E-state index < -0.39 is 0 Å². The van der Waals surface area contributed by atoms with Crippen LogP contribution in [-0.2, 0) is 22.4 Å². The van der Waals surface area contributed by atoms with E-state index in [2.05, 4.69) is 68.3 Å². The van der Waals surface area contributed by atoms with Gasteiger partial charge in [-0.15, -0.1) is 6.58 Å². The third-order valence-corrected chi connectivity index (χ3v) is 10.3.